The molecule has 1 unspecified atom stereocenters. The Bertz CT molecular complexity index is 935. The predicted octanol–water partition coefficient (Wildman–Crippen LogP) is 4.39. The Balaban J connectivity index is 1.60. The van der Waals surface area contributed by atoms with Crippen molar-refractivity contribution in [2.45, 2.75) is 51.0 Å². The van der Waals surface area contributed by atoms with Crippen LogP contribution in [-0.4, -0.2) is 54.7 Å². The summed E-state index contributed by atoms with van der Waals surface area (Å²) in [4.78, 5) is 26.0. The standard InChI is InChI=1S/C26H34N2O4/c1-28-18-8-12-22(28)16-17-27-26(31)21(10-3-2-4-15-25(29)30)19-32-24-14-7-11-20-9-5-6-13-23(20)24/h5-7,9-11,13-14,22H,2-4,8,12,15-19H2,1H3,(H,27,31)(H,29,30)/b21-10+. The highest BCUT2D eigenvalue weighted by Gasteiger charge is 2.20. The molecule has 1 aliphatic heterocycles. The summed E-state index contributed by atoms with van der Waals surface area (Å²) in [5, 5.41) is 14.0. The first kappa shape index (κ1) is 23.8. The summed E-state index contributed by atoms with van der Waals surface area (Å²) in [6, 6.07) is 14.4. The van der Waals surface area contributed by atoms with E-state index in [1.807, 2.05) is 48.5 Å². The number of ether oxygens (including phenoxy) is 1. The molecular weight excluding hydrogens is 404 g/mol. The molecule has 1 fully saturated rings. The Labute approximate surface area is 190 Å². The molecule has 3 rings (SSSR count). The van der Waals surface area contributed by atoms with E-state index in [9.17, 15) is 9.59 Å². The number of aliphatic carboxylic acids is 1. The zero-order chi connectivity index (χ0) is 22.8. The van der Waals surface area contributed by atoms with Gasteiger partial charge < -0.3 is 20.1 Å². The third-order valence-corrected chi connectivity index (χ3v) is 6.09. The van der Waals surface area contributed by atoms with Crippen molar-refractivity contribution in [1.29, 1.82) is 0 Å². The second-order valence-electron chi connectivity index (χ2n) is 8.46. The Morgan fingerprint density at radius 2 is 2.00 bits per heavy atom. The van der Waals surface area contributed by atoms with E-state index in [1.54, 1.807) is 0 Å². The van der Waals surface area contributed by atoms with Crippen molar-refractivity contribution in [2.24, 2.45) is 0 Å². The number of unbranched alkanes of at least 4 members (excludes halogenated alkanes) is 2. The van der Waals surface area contributed by atoms with Crippen molar-refractivity contribution < 1.29 is 19.4 Å². The molecule has 6 heteroatoms. The van der Waals surface area contributed by atoms with Gasteiger partial charge >= 0.3 is 5.97 Å². The number of fused-ring (bicyclic) bond motifs is 1. The van der Waals surface area contributed by atoms with E-state index < -0.39 is 5.97 Å². The van der Waals surface area contributed by atoms with Crippen LogP contribution in [0.3, 0.4) is 0 Å². The number of carboxylic acid groups (broad SMARTS) is 1. The van der Waals surface area contributed by atoms with Gasteiger partial charge in [-0.3, -0.25) is 9.59 Å². The maximum absolute atomic E-state index is 12.9. The number of carboxylic acids is 1. The number of nitrogens with one attached hydrogen (secondary N) is 1. The lowest BCUT2D eigenvalue weighted by Crippen LogP contribution is -2.33. The van der Waals surface area contributed by atoms with Crippen LogP contribution in [0.15, 0.2) is 54.1 Å². The maximum Gasteiger partial charge on any atom is 0.303 e. The van der Waals surface area contributed by atoms with Crippen LogP contribution in [0.4, 0.5) is 0 Å². The Morgan fingerprint density at radius 1 is 1.19 bits per heavy atom. The first-order chi connectivity index (χ1) is 15.5. The quantitative estimate of drug-likeness (QED) is 0.380. The van der Waals surface area contributed by atoms with Crippen LogP contribution in [0.5, 0.6) is 5.75 Å². The molecule has 0 aliphatic carbocycles. The zero-order valence-electron chi connectivity index (χ0n) is 18.9. The van der Waals surface area contributed by atoms with E-state index in [0.29, 0.717) is 31.0 Å². The van der Waals surface area contributed by atoms with Crippen LogP contribution in [0.1, 0.15) is 44.9 Å². The smallest absolute Gasteiger partial charge is 0.303 e. The van der Waals surface area contributed by atoms with Crippen molar-refractivity contribution in [3.63, 3.8) is 0 Å². The van der Waals surface area contributed by atoms with Gasteiger partial charge in [0, 0.05) is 24.4 Å². The zero-order valence-corrected chi connectivity index (χ0v) is 18.9. The molecular formula is C26H34N2O4. The van der Waals surface area contributed by atoms with Crippen LogP contribution in [0.25, 0.3) is 10.8 Å². The van der Waals surface area contributed by atoms with Crippen LogP contribution in [0.2, 0.25) is 0 Å². The number of benzene rings is 2. The number of amides is 1. The summed E-state index contributed by atoms with van der Waals surface area (Å²) in [6.07, 6.45) is 7.36. The van der Waals surface area contributed by atoms with Crippen LogP contribution in [0, 0.1) is 0 Å². The molecule has 1 aliphatic rings. The van der Waals surface area contributed by atoms with Gasteiger partial charge in [0.15, 0.2) is 0 Å². The number of nitrogens with zero attached hydrogens (tertiary/aromatic N) is 1. The van der Waals surface area contributed by atoms with Crippen LogP contribution < -0.4 is 10.1 Å². The highest BCUT2D eigenvalue weighted by molar-refractivity contribution is 5.94. The highest BCUT2D eigenvalue weighted by atomic mass is 16.5. The average molecular weight is 439 g/mol. The van der Waals surface area contributed by atoms with Gasteiger partial charge in [-0.15, -0.1) is 0 Å². The van der Waals surface area contributed by atoms with Crippen molar-refractivity contribution in [3.05, 3.63) is 54.1 Å². The van der Waals surface area contributed by atoms with E-state index in [0.717, 1.165) is 35.9 Å². The molecule has 1 atom stereocenters. The van der Waals surface area contributed by atoms with Gasteiger partial charge in [-0.05, 0) is 63.6 Å². The number of hydrogen-bond acceptors (Lipinski definition) is 4. The van der Waals surface area contributed by atoms with Crippen LogP contribution >= 0.6 is 0 Å². The van der Waals surface area contributed by atoms with E-state index >= 15 is 0 Å². The number of likely N-dealkylation sites (tertiary alicyclic amines) is 1. The molecule has 2 aromatic carbocycles. The van der Waals surface area contributed by atoms with Crippen molar-refractivity contribution in [1.82, 2.24) is 10.2 Å². The minimum Gasteiger partial charge on any atom is -0.488 e. The summed E-state index contributed by atoms with van der Waals surface area (Å²) in [5.41, 5.74) is 0.591. The molecule has 1 amide bonds. The van der Waals surface area contributed by atoms with Gasteiger partial charge in [0.05, 0.1) is 5.57 Å². The number of hydrogen-bond donors (Lipinski definition) is 2. The summed E-state index contributed by atoms with van der Waals surface area (Å²) >= 11 is 0. The molecule has 2 N–H and O–H groups in total. The Morgan fingerprint density at radius 3 is 2.78 bits per heavy atom. The van der Waals surface area contributed by atoms with E-state index in [4.69, 9.17) is 9.84 Å². The monoisotopic (exact) mass is 438 g/mol. The number of rotatable bonds is 12. The lowest BCUT2D eigenvalue weighted by atomic mass is 10.1. The fourth-order valence-electron chi connectivity index (χ4n) is 4.20. The number of carbonyl (C=O) groups is 2. The lowest BCUT2D eigenvalue weighted by Gasteiger charge is -2.19. The maximum atomic E-state index is 12.9. The Kier molecular flexibility index (Phi) is 9.11. The second-order valence-corrected chi connectivity index (χ2v) is 8.46. The second kappa shape index (κ2) is 12.2. The number of allylic oxidation sites excluding steroid dienone is 1. The first-order valence-corrected chi connectivity index (χ1v) is 11.5. The number of carbonyl (C=O) groups excluding carboxylic acids is 1. The van der Waals surface area contributed by atoms with E-state index in [-0.39, 0.29) is 18.9 Å². The molecule has 0 saturated carbocycles. The van der Waals surface area contributed by atoms with Gasteiger partial charge in [-0.25, -0.2) is 0 Å². The van der Waals surface area contributed by atoms with E-state index in [2.05, 4.69) is 17.3 Å². The van der Waals surface area contributed by atoms with Crippen molar-refractivity contribution in [2.75, 3.05) is 26.7 Å². The van der Waals surface area contributed by atoms with E-state index in [1.165, 1.54) is 12.8 Å². The summed E-state index contributed by atoms with van der Waals surface area (Å²) < 4.78 is 6.06. The molecule has 0 bridgehead atoms. The molecule has 0 spiro atoms. The molecule has 1 heterocycles. The topological polar surface area (TPSA) is 78.9 Å². The van der Waals surface area contributed by atoms with Gasteiger partial charge in [0.2, 0.25) is 5.91 Å². The minimum absolute atomic E-state index is 0.107. The fourth-order valence-corrected chi connectivity index (χ4v) is 4.20. The minimum atomic E-state index is -0.789. The van der Waals surface area contributed by atoms with Gasteiger partial charge in [0.1, 0.15) is 12.4 Å². The molecule has 172 valence electrons. The Hall–Kier alpha value is -2.86. The van der Waals surface area contributed by atoms with Crippen LogP contribution in [-0.2, 0) is 9.59 Å². The molecule has 6 nitrogen and oxygen atoms in total. The van der Waals surface area contributed by atoms with Crippen molar-refractivity contribution in [3.8, 4) is 5.75 Å². The van der Waals surface area contributed by atoms with Gasteiger partial charge in [0.25, 0.3) is 0 Å². The average Bonchev–Trinajstić information content (AvgIpc) is 3.20. The third kappa shape index (κ3) is 7.09. The SMILES string of the molecule is CN1CCCC1CCNC(=O)/C(=C/CCCCC(=O)O)COc1cccc2ccccc12. The fraction of sp³-hybridized carbons (Fsp3) is 0.462. The van der Waals surface area contributed by atoms with Gasteiger partial charge in [-0.1, -0.05) is 42.5 Å². The largest absolute Gasteiger partial charge is 0.488 e. The molecule has 0 aromatic heterocycles. The molecule has 2 aromatic rings. The first-order valence-electron chi connectivity index (χ1n) is 11.5. The molecule has 1 saturated heterocycles. The highest BCUT2D eigenvalue weighted by Crippen LogP contribution is 2.25. The normalized spacial score (nSPS) is 16.9. The predicted molar refractivity (Wildman–Crippen MR) is 127 cm³/mol. The molecule has 0 radical (unpaired) electrons. The van der Waals surface area contributed by atoms with Gasteiger partial charge in [-0.2, -0.15) is 0 Å². The molecule has 32 heavy (non-hydrogen) atoms. The third-order valence-electron chi connectivity index (χ3n) is 6.09. The summed E-state index contributed by atoms with van der Waals surface area (Å²) in [7, 11) is 2.14. The summed E-state index contributed by atoms with van der Waals surface area (Å²) in [5.74, 6) is -0.146. The summed E-state index contributed by atoms with van der Waals surface area (Å²) in [6.45, 7) is 1.94. The lowest BCUT2D eigenvalue weighted by molar-refractivity contribution is -0.137. The van der Waals surface area contributed by atoms with Crippen molar-refractivity contribution >= 4 is 22.6 Å².